The van der Waals surface area contributed by atoms with Crippen LogP contribution in [0.15, 0.2) is 42.5 Å². The normalized spacial score (nSPS) is 20.0. The van der Waals surface area contributed by atoms with Gasteiger partial charge in [0.1, 0.15) is 0 Å². The summed E-state index contributed by atoms with van der Waals surface area (Å²) in [5.74, 6) is -0.498. The van der Waals surface area contributed by atoms with Crippen LogP contribution in [-0.4, -0.2) is 60.9 Å². The van der Waals surface area contributed by atoms with Gasteiger partial charge in [0.25, 0.3) is 0 Å². The number of hydrogen-bond donors (Lipinski definition) is 2. The lowest BCUT2D eigenvalue weighted by Crippen LogP contribution is -2.34. The molecule has 0 aliphatic carbocycles. The Bertz CT molecular complexity index is 1050. The number of hydrogen-bond acceptors (Lipinski definition) is 6. The molecule has 2 aromatic rings. The summed E-state index contributed by atoms with van der Waals surface area (Å²) < 4.78 is 16.9. The van der Waals surface area contributed by atoms with Gasteiger partial charge in [0.15, 0.2) is 17.8 Å². The number of methoxy groups -OCH3 is 1. The molecule has 0 saturated carbocycles. The van der Waals surface area contributed by atoms with Gasteiger partial charge in [-0.25, -0.2) is 4.79 Å². The molecule has 2 amide bonds. The molecule has 1 unspecified atom stereocenters. The summed E-state index contributed by atoms with van der Waals surface area (Å²) in [7, 11) is 1.57. The highest BCUT2D eigenvalue weighted by molar-refractivity contribution is 5.96. The van der Waals surface area contributed by atoms with Crippen molar-refractivity contribution in [3.63, 3.8) is 0 Å². The van der Waals surface area contributed by atoms with E-state index in [4.69, 9.17) is 19.3 Å². The molecule has 0 spiro atoms. The summed E-state index contributed by atoms with van der Waals surface area (Å²) in [4.78, 5) is 37.6. The maximum Gasteiger partial charge on any atom is 0.335 e. The Balaban J connectivity index is 1.40. The van der Waals surface area contributed by atoms with Crippen LogP contribution in [-0.2, 0) is 14.3 Å². The SMILES string of the molecule is COc1ccc([C@@H]2CC(=O)N(CC(=O)Nc3cccc(C(=O)O)c3)C2)cc1OC1CCCO1. The van der Waals surface area contributed by atoms with Gasteiger partial charge in [-0.15, -0.1) is 0 Å². The second-order valence-electron chi connectivity index (χ2n) is 8.08. The predicted octanol–water partition coefficient (Wildman–Crippen LogP) is 2.86. The number of ether oxygens (including phenoxy) is 3. The smallest absolute Gasteiger partial charge is 0.335 e. The van der Waals surface area contributed by atoms with Crippen molar-refractivity contribution in [2.45, 2.75) is 31.5 Å². The van der Waals surface area contributed by atoms with Crippen LogP contribution in [0.1, 0.15) is 41.1 Å². The lowest BCUT2D eigenvalue weighted by molar-refractivity contribution is -0.131. The minimum absolute atomic E-state index is 0.0747. The number of carbonyl (C=O) groups excluding carboxylic acids is 2. The summed E-state index contributed by atoms with van der Waals surface area (Å²) in [5.41, 5.74) is 1.37. The van der Waals surface area contributed by atoms with E-state index in [0.29, 0.717) is 30.3 Å². The lowest BCUT2D eigenvalue weighted by Gasteiger charge is -2.19. The van der Waals surface area contributed by atoms with Crippen LogP contribution in [0.5, 0.6) is 11.5 Å². The maximum absolute atomic E-state index is 12.6. The number of amides is 2. The van der Waals surface area contributed by atoms with E-state index >= 15 is 0 Å². The van der Waals surface area contributed by atoms with E-state index in [-0.39, 0.29) is 42.6 Å². The van der Waals surface area contributed by atoms with E-state index < -0.39 is 5.97 Å². The molecule has 2 fully saturated rings. The van der Waals surface area contributed by atoms with Gasteiger partial charge >= 0.3 is 5.97 Å². The van der Waals surface area contributed by atoms with Crippen molar-refractivity contribution in [1.82, 2.24) is 4.90 Å². The van der Waals surface area contributed by atoms with Crippen molar-refractivity contribution in [3.8, 4) is 11.5 Å². The summed E-state index contributed by atoms with van der Waals surface area (Å²) in [6, 6.07) is 11.6. The number of carboxylic acid groups (broad SMARTS) is 1. The van der Waals surface area contributed by atoms with Gasteiger partial charge in [-0.1, -0.05) is 12.1 Å². The molecular weight excluding hydrogens is 428 g/mol. The first-order valence-electron chi connectivity index (χ1n) is 10.8. The zero-order chi connectivity index (χ0) is 23.4. The molecule has 2 aromatic carbocycles. The van der Waals surface area contributed by atoms with Crippen LogP contribution in [0, 0.1) is 0 Å². The Hall–Kier alpha value is -3.59. The highest BCUT2D eigenvalue weighted by atomic mass is 16.7. The van der Waals surface area contributed by atoms with E-state index in [2.05, 4.69) is 5.32 Å². The molecule has 0 bridgehead atoms. The molecule has 2 aliphatic heterocycles. The number of rotatable bonds is 8. The number of nitrogens with zero attached hydrogens (tertiary/aromatic N) is 1. The fraction of sp³-hybridized carbons (Fsp3) is 0.375. The predicted molar refractivity (Wildman–Crippen MR) is 119 cm³/mol. The molecule has 2 heterocycles. The van der Waals surface area contributed by atoms with E-state index in [1.54, 1.807) is 19.2 Å². The number of benzene rings is 2. The third kappa shape index (κ3) is 5.43. The van der Waals surface area contributed by atoms with Crippen LogP contribution in [0.25, 0.3) is 0 Å². The van der Waals surface area contributed by atoms with Crippen LogP contribution in [0.3, 0.4) is 0 Å². The van der Waals surface area contributed by atoms with Crippen LogP contribution >= 0.6 is 0 Å². The first-order chi connectivity index (χ1) is 15.9. The monoisotopic (exact) mass is 454 g/mol. The third-order valence-corrected chi connectivity index (χ3v) is 5.75. The number of nitrogens with one attached hydrogen (secondary N) is 1. The van der Waals surface area contributed by atoms with Crippen molar-refractivity contribution in [2.24, 2.45) is 0 Å². The van der Waals surface area contributed by atoms with Crippen molar-refractivity contribution in [3.05, 3.63) is 53.6 Å². The Morgan fingerprint density at radius 2 is 2.06 bits per heavy atom. The third-order valence-electron chi connectivity index (χ3n) is 5.75. The van der Waals surface area contributed by atoms with Crippen molar-refractivity contribution in [2.75, 3.05) is 32.1 Å². The molecule has 2 N–H and O–H groups in total. The second kappa shape index (κ2) is 9.91. The standard InChI is InChI=1S/C24H26N2O7/c1-31-19-8-7-15(11-20(19)33-23-6-3-9-32-23)17-12-22(28)26(13-17)14-21(27)25-18-5-2-4-16(10-18)24(29)30/h2,4-5,7-8,10-11,17,23H,3,6,9,12-14H2,1H3,(H,25,27)(H,29,30)/t17-,23?/m1/s1. The zero-order valence-electron chi connectivity index (χ0n) is 18.3. The van der Waals surface area contributed by atoms with Gasteiger partial charge in [0.2, 0.25) is 11.8 Å². The number of aromatic carboxylic acids is 1. The minimum atomic E-state index is -1.08. The van der Waals surface area contributed by atoms with E-state index in [0.717, 1.165) is 18.4 Å². The quantitative estimate of drug-likeness (QED) is 0.630. The minimum Gasteiger partial charge on any atom is -0.493 e. The number of anilines is 1. The van der Waals surface area contributed by atoms with Crippen molar-refractivity contribution < 1.29 is 33.7 Å². The van der Waals surface area contributed by atoms with Gasteiger partial charge in [0, 0.05) is 31.0 Å². The lowest BCUT2D eigenvalue weighted by atomic mass is 9.98. The number of likely N-dealkylation sites (tertiary alicyclic amines) is 1. The molecule has 174 valence electrons. The largest absolute Gasteiger partial charge is 0.493 e. The molecule has 0 radical (unpaired) electrons. The fourth-order valence-electron chi connectivity index (χ4n) is 4.07. The highest BCUT2D eigenvalue weighted by Gasteiger charge is 2.32. The summed E-state index contributed by atoms with van der Waals surface area (Å²) in [6.45, 7) is 0.955. The molecule has 2 atom stereocenters. The summed E-state index contributed by atoms with van der Waals surface area (Å²) >= 11 is 0. The van der Waals surface area contributed by atoms with E-state index in [1.165, 1.54) is 17.0 Å². The number of carboxylic acids is 1. The summed E-state index contributed by atoms with van der Waals surface area (Å²) in [6.07, 6.45) is 1.74. The zero-order valence-corrected chi connectivity index (χ0v) is 18.3. The van der Waals surface area contributed by atoms with Gasteiger partial charge in [0.05, 0.1) is 25.8 Å². The van der Waals surface area contributed by atoms with Crippen LogP contribution < -0.4 is 14.8 Å². The van der Waals surface area contributed by atoms with Gasteiger partial charge in [-0.05, 0) is 42.3 Å². The molecule has 33 heavy (non-hydrogen) atoms. The fourth-order valence-corrected chi connectivity index (χ4v) is 4.07. The molecule has 9 heteroatoms. The van der Waals surface area contributed by atoms with Crippen molar-refractivity contribution >= 4 is 23.5 Å². The topological polar surface area (TPSA) is 114 Å². The van der Waals surface area contributed by atoms with E-state index in [9.17, 15) is 14.4 Å². The summed E-state index contributed by atoms with van der Waals surface area (Å²) in [5, 5.41) is 11.7. The molecule has 2 aliphatic rings. The molecule has 0 aromatic heterocycles. The average Bonchev–Trinajstić information content (AvgIpc) is 3.43. The molecule has 4 rings (SSSR count). The first kappa shape index (κ1) is 22.6. The Labute approximate surface area is 191 Å². The highest BCUT2D eigenvalue weighted by Crippen LogP contribution is 2.36. The van der Waals surface area contributed by atoms with Gasteiger partial charge in [-0.2, -0.15) is 0 Å². The average molecular weight is 454 g/mol. The first-order valence-corrected chi connectivity index (χ1v) is 10.8. The van der Waals surface area contributed by atoms with Crippen molar-refractivity contribution in [1.29, 1.82) is 0 Å². The number of carbonyl (C=O) groups is 3. The Kier molecular flexibility index (Phi) is 6.79. The Morgan fingerprint density at radius 1 is 1.21 bits per heavy atom. The van der Waals surface area contributed by atoms with Crippen LogP contribution in [0.4, 0.5) is 5.69 Å². The second-order valence-corrected chi connectivity index (χ2v) is 8.08. The maximum atomic E-state index is 12.6. The van der Waals surface area contributed by atoms with Gasteiger partial charge < -0.3 is 29.5 Å². The van der Waals surface area contributed by atoms with E-state index in [1.807, 2.05) is 18.2 Å². The Morgan fingerprint density at radius 3 is 2.79 bits per heavy atom. The molecule has 9 nitrogen and oxygen atoms in total. The molecule has 2 saturated heterocycles. The van der Waals surface area contributed by atoms with Gasteiger partial charge in [-0.3, -0.25) is 9.59 Å². The van der Waals surface area contributed by atoms with Crippen LogP contribution in [0.2, 0.25) is 0 Å². The molecular formula is C24H26N2O7.